The maximum absolute atomic E-state index is 13.3. The van der Waals surface area contributed by atoms with Crippen molar-refractivity contribution in [3.8, 4) is 0 Å². The Kier molecular flexibility index (Phi) is 7.54. The Bertz CT molecular complexity index is 1370. The van der Waals surface area contributed by atoms with Gasteiger partial charge in [0.2, 0.25) is 0 Å². The van der Waals surface area contributed by atoms with Crippen molar-refractivity contribution in [1.29, 1.82) is 0 Å². The fourth-order valence-electron chi connectivity index (χ4n) is 5.45. The number of pyridine rings is 2. The molecule has 0 bridgehead atoms. The molecule has 1 aliphatic heterocycles. The second kappa shape index (κ2) is 10.8. The Hall–Kier alpha value is -2.90. The molecule has 3 heterocycles. The summed E-state index contributed by atoms with van der Waals surface area (Å²) in [6.45, 7) is 3.56. The van der Waals surface area contributed by atoms with Crippen LogP contribution in [0.4, 0.5) is 5.69 Å². The van der Waals surface area contributed by atoms with Crippen molar-refractivity contribution in [1.82, 2.24) is 14.5 Å². The van der Waals surface area contributed by atoms with Crippen LogP contribution in [-0.2, 0) is 18.2 Å². The van der Waals surface area contributed by atoms with E-state index in [0.29, 0.717) is 35.7 Å². The summed E-state index contributed by atoms with van der Waals surface area (Å²) in [4.78, 5) is 32.2. The number of benzene rings is 1. The molecule has 196 valence electrons. The SMILES string of the molecule is COCCC1CCCN1C(=O)c1cc(Cc2ccc3c(c2)c(N[C@H](C)C2CC2)cc(=O)n3C)c(Cl)cn1. The molecule has 1 amide bonds. The number of aromatic nitrogens is 2. The van der Waals surface area contributed by atoms with E-state index in [2.05, 4.69) is 23.3 Å². The van der Waals surface area contributed by atoms with Gasteiger partial charge < -0.3 is 19.5 Å². The van der Waals surface area contributed by atoms with Gasteiger partial charge in [-0.3, -0.25) is 9.59 Å². The first-order valence-corrected chi connectivity index (χ1v) is 13.6. The first kappa shape index (κ1) is 25.7. The highest BCUT2D eigenvalue weighted by atomic mass is 35.5. The summed E-state index contributed by atoms with van der Waals surface area (Å²) in [7, 11) is 3.49. The summed E-state index contributed by atoms with van der Waals surface area (Å²) in [5.74, 6) is 0.615. The molecule has 2 aromatic heterocycles. The van der Waals surface area contributed by atoms with Gasteiger partial charge in [0.15, 0.2) is 0 Å². The Balaban J connectivity index is 1.42. The quantitative estimate of drug-likeness (QED) is 0.426. The lowest BCUT2D eigenvalue weighted by Crippen LogP contribution is -2.36. The van der Waals surface area contributed by atoms with Crippen molar-refractivity contribution in [2.45, 2.75) is 57.5 Å². The first-order valence-electron chi connectivity index (χ1n) is 13.2. The first-order chi connectivity index (χ1) is 17.9. The highest BCUT2D eigenvalue weighted by Crippen LogP contribution is 2.35. The van der Waals surface area contributed by atoms with Crippen LogP contribution in [0.5, 0.6) is 0 Å². The number of carbonyl (C=O) groups is 1. The molecule has 0 radical (unpaired) electrons. The van der Waals surface area contributed by atoms with Gasteiger partial charge in [0, 0.05) is 62.7 Å². The second-order valence-corrected chi connectivity index (χ2v) is 10.9. The number of methoxy groups -OCH3 is 1. The number of carbonyl (C=O) groups excluding carboxylic acids is 1. The van der Waals surface area contributed by atoms with Gasteiger partial charge in [0.05, 0.1) is 10.5 Å². The Morgan fingerprint density at radius 1 is 1.24 bits per heavy atom. The molecule has 2 aliphatic rings. The van der Waals surface area contributed by atoms with Crippen LogP contribution in [0.3, 0.4) is 0 Å². The molecule has 1 unspecified atom stereocenters. The maximum Gasteiger partial charge on any atom is 0.272 e. The molecule has 1 N–H and O–H groups in total. The molecule has 8 heteroatoms. The summed E-state index contributed by atoms with van der Waals surface area (Å²) in [6, 6.07) is 10.2. The standard InChI is InChI=1S/C29H35ClN4O3/c1-18(20-7-8-20)32-25-16-28(35)33(2)27-9-6-19(14-23(25)27)13-21-15-26(31-17-24(21)30)29(36)34-11-4-5-22(34)10-12-37-3/h6,9,14-18,20,22,32H,4-5,7-8,10-13H2,1-3H3/t18-,22?/m1/s1. The molecule has 1 aromatic carbocycles. The predicted molar refractivity (Wildman–Crippen MR) is 148 cm³/mol. The van der Waals surface area contributed by atoms with Crippen LogP contribution in [0, 0.1) is 5.92 Å². The fourth-order valence-corrected chi connectivity index (χ4v) is 5.62. The van der Waals surface area contributed by atoms with E-state index in [1.807, 2.05) is 23.1 Å². The zero-order valence-corrected chi connectivity index (χ0v) is 22.6. The van der Waals surface area contributed by atoms with Gasteiger partial charge >= 0.3 is 0 Å². The van der Waals surface area contributed by atoms with Crippen LogP contribution in [0.1, 0.15) is 60.6 Å². The molecule has 2 atom stereocenters. The lowest BCUT2D eigenvalue weighted by atomic mass is 10.0. The summed E-state index contributed by atoms with van der Waals surface area (Å²) in [5.41, 5.74) is 4.06. The normalized spacial score (nSPS) is 18.4. The number of rotatable bonds is 9. The molecule has 7 nitrogen and oxygen atoms in total. The maximum atomic E-state index is 13.3. The molecule has 2 fully saturated rings. The molecule has 1 aliphatic carbocycles. The van der Waals surface area contributed by atoms with Crippen LogP contribution in [-0.4, -0.2) is 52.7 Å². The molecule has 0 spiro atoms. The number of nitrogens with zero attached hydrogens (tertiary/aromatic N) is 3. The smallest absolute Gasteiger partial charge is 0.272 e. The van der Waals surface area contributed by atoms with Crippen molar-refractivity contribution in [2.24, 2.45) is 13.0 Å². The second-order valence-electron chi connectivity index (χ2n) is 10.5. The Labute approximate surface area is 222 Å². The molecule has 5 rings (SSSR count). The van der Waals surface area contributed by atoms with Crippen molar-refractivity contribution in [3.05, 3.63) is 68.7 Å². The summed E-state index contributed by atoms with van der Waals surface area (Å²) in [6.07, 6.45) is 7.42. The van der Waals surface area contributed by atoms with Gasteiger partial charge in [-0.15, -0.1) is 0 Å². The van der Waals surface area contributed by atoms with Crippen molar-refractivity contribution >= 4 is 34.1 Å². The molecular weight excluding hydrogens is 488 g/mol. The number of anilines is 1. The number of fused-ring (bicyclic) bond motifs is 1. The highest BCUT2D eigenvalue weighted by molar-refractivity contribution is 6.31. The molecule has 3 aromatic rings. The monoisotopic (exact) mass is 522 g/mol. The van der Waals surface area contributed by atoms with Gasteiger partial charge in [-0.1, -0.05) is 17.7 Å². The zero-order chi connectivity index (χ0) is 26.1. The topological polar surface area (TPSA) is 76.5 Å². The number of ether oxygens (including phenoxy) is 1. The summed E-state index contributed by atoms with van der Waals surface area (Å²) < 4.78 is 6.91. The van der Waals surface area contributed by atoms with Crippen LogP contribution in [0.2, 0.25) is 5.02 Å². The summed E-state index contributed by atoms with van der Waals surface area (Å²) in [5, 5.41) is 5.13. The minimum Gasteiger partial charge on any atom is -0.385 e. The number of halogens is 1. The van der Waals surface area contributed by atoms with Crippen molar-refractivity contribution in [2.75, 3.05) is 25.6 Å². The molecule has 1 saturated heterocycles. The van der Waals surface area contributed by atoms with Gasteiger partial charge in [0.1, 0.15) is 5.69 Å². The van der Waals surface area contributed by atoms with E-state index in [1.165, 1.54) is 12.8 Å². The van der Waals surface area contributed by atoms with Gasteiger partial charge in [-0.2, -0.15) is 0 Å². The Morgan fingerprint density at radius 2 is 2.05 bits per heavy atom. The number of hydrogen-bond acceptors (Lipinski definition) is 5. The van der Waals surface area contributed by atoms with Gasteiger partial charge in [-0.05, 0) is 80.7 Å². The molecular formula is C29H35ClN4O3. The lowest BCUT2D eigenvalue weighted by molar-refractivity contribution is 0.0697. The van der Waals surface area contributed by atoms with E-state index in [4.69, 9.17) is 16.3 Å². The lowest BCUT2D eigenvalue weighted by Gasteiger charge is -2.24. The third-order valence-electron chi connectivity index (χ3n) is 7.86. The van der Waals surface area contributed by atoms with E-state index in [9.17, 15) is 9.59 Å². The van der Waals surface area contributed by atoms with E-state index in [1.54, 1.807) is 31.0 Å². The molecule has 1 saturated carbocycles. The van der Waals surface area contributed by atoms with E-state index >= 15 is 0 Å². The third-order valence-corrected chi connectivity index (χ3v) is 8.21. The average molecular weight is 523 g/mol. The minimum absolute atomic E-state index is 0.0307. The summed E-state index contributed by atoms with van der Waals surface area (Å²) >= 11 is 6.55. The van der Waals surface area contributed by atoms with Crippen molar-refractivity contribution < 1.29 is 9.53 Å². The van der Waals surface area contributed by atoms with E-state index < -0.39 is 0 Å². The highest BCUT2D eigenvalue weighted by Gasteiger charge is 2.30. The largest absolute Gasteiger partial charge is 0.385 e. The average Bonchev–Trinajstić information content (AvgIpc) is 3.65. The van der Waals surface area contributed by atoms with Gasteiger partial charge in [0.25, 0.3) is 11.5 Å². The van der Waals surface area contributed by atoms with Crippen LogP contribution in [0.25, 0.3) is 10.9 Å². The zero-order valence-electron chi connectivity index (χ0n) is 21.8. The van der Waals surface area contributed by atoms with Crippen LogP contribution in [0.15, 0.2) is 41.3 Å². The number of hydrogen-bond donors (Lipinski definition) is 1. The molecule has 37 heavy (non-hydrogen) atoms. The number of nitrogens with one attached hydrogen (secondary N) is 1. The fraction of sp³-hybridized carbons (Fsp3) is 0.483. The van der Waals surface area contributed by atoms with Gasteiger partial charge in [-0.25, -0.2) is 4.98 Å². The number of amides is 1. The van der Waals surface area contributed by atoms with E-state index in [-0.39, 0.29) is 17.5 Å². The van der Waals surface area contributed by atoms with Crippen LogP contribution < -0.4 is 10.9 Å². The predicted octanol–water partition coefficient (Wildman–Crippen LogP) is 5.03. The van der Waals surface area contributed by atoms with E-state index in [0.717, 1.165) is 53.5 Å². The number of aryl methyl sites for hydroxylation is 1. The Morgan fingerprint density at radius 3 is 2.81 bits per heavy atom. The minimum atomic E-state index is -0.0504. The van der Waals surface area contributed by atoms with Crippen molar-refractivity contribution in [3.63, 3.8) is 0 Å². The third kappa shape index (κ3) is 5.53. The van der Waals surface area contributed by atoms with Crippen LogP contribution >= 0.6 is 11.6 Å². The number of likely N-dealkylation sites (tertiary alicyclic amines) is 1.